The first kappa shape index (κ1) is 11.7. The maximum atomic E-state index is 11.1. The van der Waals surface area contributed by atoms with Gasteiger partial charge in [0, 0.05) is 0 Å². The van der Waals surface area contributed by atoms with Gasteiger partial charge in [-0.1, -0.05) is 23.8 Å². The Bertz CT molecular complexity index is 390. The van der Waals surface area contributed by atoms with E-state index in [1.807, 2.05) is 26.0 Å². The van der Waals surface area contributed by atoms with E-state index >= 15 is 0 Å². The van der Waals surface area contributed by atoms with E-state index in [2.05, 4.69) is 5.43 Å². The molecule has 0 radical (unpaired) electrons. The topological polar surface area (TPSA) is 75.3 Å². The van der Waals surface area contributed by atoms with Gasteiger partial charge in [0.1, 0.15) is 0 Å². The third kappa shape index (κ3) is 2.00. The van der Waals surface area contributed by atoms with E-state index in [0.29, 0.717) is 5.56 Å². The third-order valence-corrected chi connectivity index (χ3v) is 2.64. The van der Waals surface area contributed by atoms with Crippen molar-refractivity contribution in [1.29, 1.82) is 0 Å². The largest absolute Gasteiger partial charge is 0.480 e. The number of hydrogen-bond acceptors (Lipinski definition) is 3. The molecular formula is C11H16N2O2. The van der Waals surface area contributed by atoms with Gasteiger partial charge in [-0.3, -0.25) is 5.84 Å². The number of carboxylic acid groups (broad SMARTS) is 1. The van der Waals surface area contributed by atoms with Gasteiger partial charge in [0.2, 0.25) is 0 Å². The summed E-state index contributed by atoms with van der Waals surface area (Å²) in [6, 6.07) is 5.60. The summed E-state index contributed by atoms with van der Waals surface area (Å²) in [5, 5.41) is 9.14. The Balaban J connectivity index is 3.30. The van der Waals surface area contributed by atoms with Crippen molar-refractivity contribution in [3.8, 4) is 0 Å². The van der Waals surface area contributed by atoms with Crippen LogP contribution in [0.2, 0.25) is 0 Å². The molecule has 0 amide bonds. The lowest BCUT2D eigenvalue weighted by Gasteiger charge is -2.26. The fraction of sp³-hybridized carbons (Fsp3) is 0.364. The number of carboxylic acids is 1. The minimum absolute atomic E-state index is 0.683. The predicted molar refractivity (Wildman–Crippen MR) is 58.2 cm³/mol. The molecule has 1 atom stereocenters. The summed E-state index contributed by atoms with van der Waals surface area (Å²) in [5.74, 6) is 4.33. The second-order valence-electron chi connectivity index (χ2n) is 3.89. The van der Waals surface area contributed by atoms with Crippen molar-refractivity contribution in [2.24, 2.45) is 5.84 Å². The molecule has 1 aromatic rings. The number of hydrazine groups is 1. The van der Waals surface area contributed by atoms with Gasteiger partial charge in [-0.05, 0) is 31.9 Å². The fourth-order valence-corrected chi connectivity index (χ4v) is 1.63. The molecule has 1 rings (SSSR count). The Labute approximate surface area is 89.1 Å². The Morgan fingerprint density at radius 2 is 2.07 bits per heavy atom. The van der Waals surface area contributed by atoms with Crippen LogP contribution in [0.4, 0.5) is 0 Å². The molecule has 15 heavy (non-hydrogen) atoms. The molecule has 0 saturated heterocycles. The molecule has 0 spiro atoms. The number of benzene rings is 1. The van der Waals surface area contributed by atoms with E-state index in [1.54, 1.807) is 13.0 Å². The molecule has 4 nitrogen and oxygen atoms in total. The molecular weight excluding hydrogens is 192 g/mol. The maximum Gasteiger partial charge on any atom is 0.329 e. The summed E-state index contributed by atoms with van der Waals surface area (Å²) in [6.45, 7) is 5.39. The number of aryl methyl sites for hydroxylation is 2. The summed E-state index contributed by atoms with van der Waals surface area (Å²) in [7, 11) is 0. The normalized spacial score (nSPS) is 14.7. The first-order valence-electron chi connectivity index (χ1n) is 4.70. The molecule has 0 aliphatic heterocycles. The average Bonchev–Trinajstić information content (AvgIpc) is 2.16. The van der Waals surface area contributed by atoms with Gasteiger partial charge in [0.25, 0.3) is 0 Å². The SMILES string of the molecule is Cc1ccc(C(C)(NN)C(=O)O)c(C)c1. The number of aliphatic carboxylic acids is 1. The zero-order valence-electron chi connectivity index (χ0n) is 9.16. The van der Waals surface area contributed by atoms with Gasteiger partial charge in [-0.15, -0.1) is 0 Å². The number of rotatable bonds is 3. The van der Waals surface area contributed by atoms with Gasteiger partial charge < -0.3 is 5.11 Å². The second kappa shape index (κ2) is 4.00. The van der Waals surface area contributed by atoms with Crippen molar-refractivity contribution >= 4 is 5.97 Å². The Morgan fingerprint density at radius 3 is 2.47 bits per heavy atom. The van der Waals surface area contributed by atoms with Gasteiger partial charge in [0.15, 0.2) is 5.54 Å². The molecule has 0 aromatic heterocycles. The maximum absolute atomic E-state index is 11.1. The summed E-state index contributed by atoms with van der Waals surface area (Å²) in [4.78, 5) is 11.1. The van der Waals surface area contributed by atoms with Crippen molar-refractivity contribution in [3.63, 3.8) is 0 Å². The number of nitrogens with one attached hydrogen (secondary N) is 1. The van der Waals surface area contributed by atoms with Crippen LogP contribution in [0.25, 0.3) is 0 Å². The molecule has 0 aliphatic carbocycles. The Morgan fingerprint density at radius 1 is 1.47 bits per heavy atom. The number of hydrogen-bond donors (Lipinski definition) is 3. The van der Waals surface area contributed by atoms with Crippen molar-refractivity contribution in [1.82, 2.24) is 5.43 Å². The zero-order valence-corrected chi connectivity index (χ0v) is 9.16. The number of nitrogens with two attached hydrogens (primary N) is 1. The molecule has 0 saturated carbocycles. The van der Waals surface area contributed by atoms with E-state index in [9.17, 15) is 4.79 Å². The van der Waals surface area contributed by atoms with E-state index in [-0.39, 0.29) is 0 Å². The van der Waals surface area contributed by atoms with E-state index < -0.39 is 11.5 Å². The van der Waals surface area contributed by atoms with Crippen LogP contribution in [0, 0.1) is 13.8 Å². The van der Waals surface area contributed by atoms with Gasteiger partial charge in [-0.25, -0.2) is 10.2 Å². The second-order valence-corrected chi connectivity index (χ2v) is 3.89. The smallest absolute Gasteiger partial charge is 0.329 e. The zero-order chi connectivity index (χ0) is 11.6. The molecule has 0 aliphatic rings. The predicted octanol–water partition coefficient (Wildman–Crippen LogP) is 1.07. The molecule has 4 heteroatoms. The van der Waals surface area contributed by atoms with Gasteiger partial charge in [-0.2, -0.15) is 0 Å². The molecule has 1 unspecified atom stereocenters. The lowest BCUT2D eigenvalue weighted by atomic mass is 9.88. The van der Waals surface area contributed by atoms with Crippen LogP contribution in [-0.4, -0.2) is 11.1 Å². The van der Waals surface area contributed by atoms with Crippen LogP contribution in [0.1, 0.15) is 23.6 Å². The summed E-state index contributed by atoms with van der Waals surface area (Å²) < 4.78 is 0. The lowest BCUT2D eigenvalue weighted by molar-refractivity contribution is -0.144. The Hall–Kier alpha value is -1.39. The fourth-order valence-electron chi connectivity index (χ4n) is 1.63. The summed E-state index contributed by atoms with van der Waals surface area (Å²) >= 11 is 0. The highest BCUT2D eigenvalue weighted by atomic mass is 16.4. The van der Waals surface area contributed by atoms with Gasteiger partial charge >= 0.3 is 5.97 Å². The molecule has 4 N–H and O–H groups in total. The minimum atomic E-state index is -1.24. The van der Waals surface area contributed by atoms with Crippen molar-refractivity contribution in [3.05, 3.63) is 34.9 Å². The van der Waals surface area contributed by atoms with E-state index in [1.165, 1.54) is 0 Å². The highest BCUT2D eigenvalue weighted by Gasteiger charge is 2.35. The third-order valence-electron chi connectivity index (χ3n) is 2.64. The quantitative estimate of drug-likeness (QED) is 0.513. The highest BCUT2D eigenvalue weighted by molar-refractivity contribution is 5.80. The van der Waals surface area contributed by atoms with Crippen LogP contribution in [0.15, 0.2) is 18.2 Å². The van der Waals surface area contributed by atoms with Crippen molar-refractivity contribution in [2.75, 3.05) is 0 Å². The van der Waals surface area contributed by atoms with Crippen LogP contribution in [0.5, 0.6) is 0 Å². The van der Waals surface area contributed by atoms with Crippen molar-refractivity contribution in [2.45, 2.75) is 26.3 Å². The molecule has 1 aromatic carbocycles. The summed E-state index contributed by atoms with van der Waals surface area (Å²) in [6.07, 6.45) is 0. The van der Waals surface area contributed by atoms with Crippen LogP contribution < -0.4 is 11.3 Å². The van der Waals surface area contributed by atoms with Crippen LogP contribution in [0.3, 0.4) is 0 Å². The van der Waals surface area contributed by atoms with E-state index in [4.69, 9.17) is 10.9 Å². The Kier molecular flexibility index (Phi) is 3.12. The van der Waals surface area contributed by atoms with E-state index in [0.717, 1.165) is 11.1 Å². The first-order valence-corrected chi connectivity index (χ1v) is 4.70. The molecule has 0 fully saturated rings. The highest BCUT2D eigenvalue weighted by Crippen LogP contribution is 2.24. The summed E-state index contributed by atoms with van der Waals surface area (Å²) in [5.41, 5.74) is 3.81. The first-order chi connectivity index (χ1) is 6.91. The molecule has 82 valence electrons. The van der Waals surface area contributed by atoms with Crippen molar-refractivity contribution < 1.29 is 9.90 Å². The standard InChI is InChI=1S/C11H16N2O2/c1-7-4-5-9(8(2)6-7)11(3,13-12)10(14)15/h4-6,13H,12H2,1-3H3,(H,14,15). The average molecular weight is 208 g/mol. The number of carbonyl (C=O) groups is 1. The van der Waals surface area contributed by atoms with Crippen LogP contribution >= 0.6 is 0 Å². The van der Waals surface area contributed by atoms with Gasteiger partial charge in [0.05, 0.1) is 0 Å². The molecule has 0 heterocycles. The minimum Gasteiger partial charge on any atom is -0.480 e. The molecule has 0 bridgehead atoms. The van der Waals surface area contributed by atoms with Crippen LogP contribution in [-0.2, 0) is 10.3 Å². The lowest BCUT2D eigenvalue weighted by Crippen LogP contribution is -2.50. The monoisotopic (exact) mass is 208 g/mol.